The van der Waals surface area contributed by atoms with Gasteiger partial charge in [0.25, 0.3) is 0 Å². The highest BCUT2D eigenvalue weighted by Gasteiger charge is 2.14. The van der Waals surface area contributed by atoms with Gasteiger partial charge in [-0.3, -0.25) is 4.98 Å². The van der Waals surface area contributed by atoms with Gasteiger partial charge < -0.3 is 10.6 Å². The number of hydrogen-bond donors (Lipinski definition) is 3. The summed E-state index contributed by atoms with van der Waals surface area (Å²) < 4.78 is 39.7. The maximum atomic E-state index is 13.3. The molecule has 0 spiro atoms. The largest absolute Gasteiger partial charge is 0.348 e. The number of sulfonamides is 1. The number of nitrogens with one attached hydrogen (secondary N) is 3. The monoisotopic (exact) mass is 479 g/mol. The van der Waals surface area contributed by atoms with E-state index in [9.17, 15) is 12.8 Å². The van der Waals surface area contributed by atoms with E-state index in [4.69, 9.17) is 0 Å². The van der Waals surface area contributed by atoms with Crippen LogP contribution >= 0.6 is 0 Å². The molecule has 2 aromatic carbocycles. The van der Waals surface area contributed by atoms with Crippen LogP contribution in [-0.2, 0) is 10.0 Å². The molecule has 0 amide bonds. The van der Waals surface area contributed by atoms with Gasteiger partial charge in [-0.15, -0.1) is 0 Å². The number of hydrogen-bond acceptors (Lipinski definition) is 8. The lowest BCUT2D eigenvalue weighted by molar-refractivity contribution is 0.588. The molecule has 34 heavy (non-hydrogen) atoms. The van der Waals surface area contributed by atoms with Crippen molar-refractivity contribution >= 4 is 27.6 Å². The topological polar surface area (TPSA) is 122 Å². The fourth-order valence-electron chi connectivity index (χ4n) is 3.17. The Morgan fingerprint density at radius 2 is 1.68 bits per heavy atom. The third-order valence-electron chi connectivity index (χ3n) is 4.99. The van der Waals surface area contributed by atoms with Crippen LogP contribution in [0.3, 0.4) is 0 Å². The summed E-state index contributed by atoms with van der Waals surface area (Å²) in [5, 5.41) is 6.33. The van der Waals surface area contributed by atoms with Gasteiger partial charge in [-0.05, 0) is 43.8 Å². The molecule has 1 atom stereocenters. The van der Waals surface area contributed by atoms with Gasteiger partial charge in [0.05, 0.1) is 22.8 Å². The Morgan fingerprint density at radius 1 is 0.941 bits per heavy atom. The summed E-state index contributed by atoms with van der Waals surface area (Å²) in [6.45, 7) is 1.91. The highest BCUT2D eigenvalue weighted by molar-refractivity contribution is 7.89. The van der Waals surface area contributed by atoms with E-state index in [2.05, 4.69) is 35.3 Å². The maximum Gasteiger partial charge on any atom is 0.240 e. The van der Waals surface area contributed by atoms with Gasteiger partial charge in [-0.2, -0.15) is 4.98 Å². The Labute approximate surface area is 196 Å². The van der Waals surface area contributed by atoms with Crippen LogP contribution in [0.2, 0.25) is 0 Å². The first kappa shape index (κ1) is 23.2. The van der Waals surface area contributed by atoms with E-state index in [1.54, 1.807) is 48.9 Å². The number of halogens is 1. The van der Waals surface area contributed by atoms with Crippen molar-refractivity contribution in [2.75, 3.05) is 17.7 Å². The molecule has 3 N–H and O–H groups in total. The molecule has 0 bridgehead atoms. The summed E-state index contributed by atoms with van der Waals surface area (Å²) in [5.74, 6) is 0.979. The van der Waals surface area contributed by atoms with E-state index in [1.165, 1.54) is 31.3 Å². The normalized spacial score (nSPS) is 12.2. The van der Waals surface area contributed by atoms with E-state index in [0.29, 0.717) is 28.8 Å². The second-order valence-corrected chi connectivity index (χ2v) is 9.21. The van der Waals surface area contributed by atoms with Crippen molar-refractivity contribution in [1.29, 1.82) is 0 Å². The molecular formula is C23H22FN7O2S. The summed E-state index contributed by atoms with van der Waals surface area (Å²) in [6, 6.07) is 14.1. The molecule has 0 aliphatic heterocycles. The Hall–Kier alpha value is -3.96. The minimum atomic E-state index is -3.55. The molecule has 1 unspecified atom stereocenters. The highest BCUT2D eigenvalue weighted by atomic mass is 32.2. The lowest BCUT2D eigenvalue weighted by Crippen LogP contribution is -2.18. The Morgan fingerprint density at radius 3 is 2.32 bits per heavy atom. The molecule has 4 rings (SSSR count). The fourth-order valence-corrected chi connectivity index (χ4v) is 3.90. The first-order valence-corrected chi connectivity index (χ1v) is 11.8. The van der Waals surface area contributed by atoms with Crippen molar-refractivity contribution in [1.82, 2.24) is 24.7 Å². The summed E-state index contributed by atoms with van der Waals surface area (Å²) in [7, 11) is -2.19. The van der Waals surface area contributed by atoms with Crippen molar-refractivity contribution in [3.63, 3.8) is 0 Å². The minimum Gasteiger partial charge on any atom is -0.348 e. The Balaban J connectivity index is 1.69. The molecule has 174 valence electrons. The van der Waals surface area contributed by atoms with Crippen LogP contribution in [0.1, 0.15) is 18.5 Å². The summed E-state index contributed by atoms with van der Waals surface area (Å²) in [4.78, 5) is 17.5. The average molecular weight is 480 g/mol. The van der Waals surface area contributed by atoms with E-state index < -0.39 is 10.0 Å². The van der Waals surface area contributed by atoms with Gasteiger partial charge in [0.1, 0.15) is 17.5 Å². The van der Waals surface area contributed by atoms with Crippen molar-refractivity contribution in [2.45, 2.75) is 17.9 Å². The van der Waals surface area contributed by atoms with Crippen LogP contribution in [0.4, 0.5) is 22.0 Å². The van der Waals surface area contributed by atoms with Crippen LogP contribution in [-0.4, -0.2) is 35.4 Å². The number of aromatic nitrogens is 4. The smallest absolute Gasteiger partial charge is 0.240 e. The zero-order valence-corrected chi connectivity index (χ0v) is 19.2. The molecule has 0 saturated carbocycles. The molecule has 2 aromatic heterocycles. The molecule has 11 heteroatoms. The van der Waals surface area contributed by atoms with Crippen LogP contribution in [0.5, 0.6) is 0 Å². The highest BCUT2D eigenvalue weighted by Crippen LogP contribution is 2.26. The standard InChI is InChI=1S/C23H22FN7O2S/c1-15(16-3-7-18(24)8-4-16)28-23-29-20(13-21(31-23)30-22-14-26-11-12-27-22)17-5-9-19(10-6-17)34(32,33)25-2/h3-15,25H,1-2H3,(H2,27,28,29,30,31). The summed E-state index contributed by atoms with van der Waals surface area (Å²) in [6.07, 6.45) is 4.68. The summed E-state index contributed by atoms with van der Waals surface area (Å²) >= 11 is 0. The maximum absolute atomic E-state index is 13.3. The van der Waals surface area contributed by atoms with Crippen LogP contribution < -0.4 is 15.4 Å². The molecule has 2 heterocycles. The Bertz CT molecular complexity index is 1370. The van der Waals surface area contributed by atoms with Crippen LogP contribution in [0.25, 0.3) is 11.3 Å². The van der Waals surface area contributed by atoms with Gasteiger partial charge in [0.2, 0.25) is 16.0 Å². The molecular weight excluding hydrogens is 457 g/mol. The van der Waals surface area contributed by atoms with E-state index in [0.717, 1.165) is 5.56 Å². The zero-order chi connectivity index (χ0) is 24.1. The molecule has 0 radical (unpaired) electrons. The second-order valence-electron chi connectivity index (χ2n) is 7.33. The molecule has 0 fully saturated rings. The molecule has 0 saturated heterocycles. The van der Waals surface area contributed by atoms with E-state index >= 15 is 0 Å². The SMILES string of the molecule is CNS(=O)(=O)c1ccc(-c2cc(Nc3cnccn3)nc(NC(C)c3ccc(F)cc3)n2)cc1. The predicted molar refractivity (Wildman–Crippen MR) is 127 cm³/mol. The first-order valence-electron chi connectivity index (χ1n) is 10.3. The number of anilines is 3. The van der Waals surface area contributed by atoms with Gasteiger partial charge in [-0.1, -0.05) is 24.3 Å². The third-order valence-corrected chi connectivity index (χ3v) is 6.42. The summed E-state index contributed by atoms with van der Waals surface area (Å²) in [5.41, 5.74) is 2.11. The average Bonchev–Trinajstić information content (AvgIpc) is 2.85. The van der Waals surface area contributed by atoms with Crippen molar-refractivity contribution in [3.8, 4) is 11.3 Å². The van der Waals surface area contributed by atoms with Crippen molar-refractivity contribution in [2.24, 2.45) is 0 Å². The fraction of sp³-hybridized carbons (Fsp3) is 0.130. The van der Waals surface area contributed by atoms with E-state index in [1.807, 2.05) is 6.92 Å². The van der Waals surface area contributed by atoms with Crippen molar-refractivity contribution in [3.05, 3.63) is 84.6 Å². The predicted octanol–water partition coefficient (Wildman–Crippen LogP) is 3.90. The van der Waals surface area contributed by atoms with E-state index in [-0.39, 0.29) is 16.8 Å². The Kier molecular flexibility index (Phi) is 6.75. The van der Waals surface area contributed by atoms with Crippen LogP contribution in [0.15, 0.2) is 78.1 Å². The van der Waals surface area contributed by atoms with Crippen molar-refractivity contribution < 1.29 is 12.8 Å². The minimum absolute atomic E-state index is 0.147. The van der Waals surface area contributed by atoms with Gasteiger partial charge >= 0.3 is 0 Å². The lowest BCUT2D eigenvalue weighted by Gasteiger charge is -2.16. The molecule has 4 aromatic rings. The van der Waals surface area contributed by atoms with Gasteiger partial charge in [0.15, 0.2) is 0 Å². The molecule has 0 aliphatic carbocycles. The number of benzene rings is 2. The molecule has 9 nitrogen and oxygen atoms in total. The van der Waals surface area contributed by atoms with Gasteiger partial charge in [-0.25, -0.2) is 27.5 Å². The first-order chi connectivity index (χ1) is 16.3. The number of rotatable bonds is 8. The zero-order valence-electron chi connectivity index (χ0n) is 18.4. The van der Waals surface area contributed by atoms with Crippen LogP contribution in [0, 0.1) is 5.82 Å². The van der Waals surface area contributed by atoms with Gasteiger partial charge in [0, 0.05) is 24.0 Å². The second kappa shape index (κ2) is 9.89. The molecule has 0 aliphatic rings. The lowest BCUT2D eigenvalue weighted by atomic mass is 10.1. The number of nitrogens with zero attached hydrogens (tertiary/aromatic N) is 4. The third kappa shape index (κ3) is 5.50. The quantitative estimate of drug-likeness (QED) is 0.348.